The van der Waals surface area contributed by atoms with Crippen molar-refractivity contribution in [1.29, 1.82) is 0 Å². The summed E-state index contributed by atoms with van der Waals surface area (Å²) in [5.41, 5.74) is 14.5. The fourth-order valence-electron chi connectivity index (χ4n) is 5.04. The Kier molecular flexibility index (Phi) is 7.37. The summed E-state index contributed by atoms with van der Waals surface area (Å²) in [5.74, 6) is 0.701. The summed E-state index contributed by atoms with van der Waals surface area (Å²) in [6.07, 6.45) is 2.60. The van der Waals surface area contributed by atoms with Gasteiger partial charge in [-0.2, -0.15) is 0 Å². The van der Waals surface area contributed by atoms with Gasteiger partial charge in [-0.1, -0.05) is 123 Å². The highest BCUT2D eigenvalue weighted by atomic mass is 14.3. The van der Waals surface area contributed by atoms with Crippen molar-refractivity contribution in [2.75, 3.05) is 0 Å². The molecule has 184 valence electrons. The lowest BCUT2D eigenvalue weighted by atomic mass is 9.88. The van der Waals surface area contributed by atoms with Crippen molar-refractivity contribution in [3.05, 3.63) is 132 Å². The number of benzene rings is 5. The lowest BCUT2D eigenvalue weighted by Gasteiger charge is -2.16. The fourth-order valence-corrected chi connectivity index (χ4v) is 5.04. The lowest BCUT2D eigenvalue weighted by Crippen LogP contribution is -1.93. The number of hydrogen-bond acceptors (Lipinski definition) is 0. The highest BCUT2D eigenvalue weighted by Gasteiger charge is 2.27. The fraction of sp³-hybridized carbons (Fsp3) is 0.189. The van der Waals surface area contributed by atoms with Gasteiger partial charge in [0.2, 0.25) is 0 Å². The molecule has 5 aromatic rings. The normalized spacial score (nSPS) is 12.5. The van der Waals surface area contributed by atoms with E-state index in [4.69, 9.17) is 0 Å². The Morgan fingerprint density at radius 3 is 1.51 bits per heavy atom. The van der Waals surface area contributed by atoms with Gasteiger partial charge >= 0.3 is 0 Å². The van der Waals surface area contributed by atoms with Crippen LogP contribution in [-0.4, -0.2) is 0 Å². The van der Waals surface area contributed by atoms with Gasteiger partial charge in [-0.05, 0) is 100 Å². The van der Waals surface area contributed by atoms with Crippen LogP contribution < -0.4 is 0 Å². The summed E-state index contributed by atoms with van der Waals surface area (Å²) in [6.45, 7) is 8.37. The van der Waals surface area contributed by atoms with Crippen molar-refractivity contribution < 1.29 is 0 Å². The molecule has 0 heteroatoms. The third-order valence-electron chi connectivity index (χ3n) is 7.31. The summed E-state index contributed by atoms with van der Waals surface area (Å²) < 4.78 is 0. The van der Waals surface area contributed by atoms with Crippen molar-refractivity contribution in [3.63, 3.8) is 0 Å². The van der Waals surface area contributed by atoms with Gasteiger partial charge in [-0.3, -0.25) is 0 Å². The van der Waals surface area contributed by atoms with Crippen molar-refractivity contribution in [1.82, 2.24) is 0 Å². The van der Waals surface area contributed by atoms with E-state index in [2.05, 4.69) is 129 Å². The minimum absolute atomic E-state index is 0.701. The summed E-state index contributed by atoms with van der Waals surface area (Å²) in [6, 6.07) is 42.5. The second-order valence-corrected chi connectivity index (χ2v) is 9.92. The molecular weight excluding hydrogens is 444 g/mol. The molecule has 37 heavy (non-hydrogen) atoms. The minimum atomic E-state index is 0.701. The smallest absolute Gasteiger partial charge is 0.0140 e. The molecule has 0 heterocycles. The van der Waals surface area contributed by atoms with Gasteiger partial charge in [0.15, 0.2) is 0 Å². The molecule has 1 saturated carbocycles. The first-order chi connectivity index (χ1) is 18.2. The van der Waals surface area contributed by atoms with Gasteiger partial charge in [0.25, 0.3) is 0 Å². The van der Waals surface area contributed by atoms with Crippen LogP contribution in [0.15, 0.2) is 115 Å². The van der Waals surface area contributed by atoms with Gasteiger partial charge in [-0.25, -0.2) is 0 Å². The quantitative estimate of drug-likeness (QED) is 0.235. The molecule has 1 fully saturated rings. The van der Waals surface area contributed by atoms with E-state index in [1.165, 1.54) is 74.0 Å². The zero-order chi connectivity index (χ0) is 25.8. The molecule has 0 radical (unpaired) electrons. The third kappa shape index (κ3) is 5.44. The largest absolute Gasteiger partial charge is 0.0683 e. The Labute approximate surface area is 222 Å². The minimum Gasteiger partial charge on any atom is -0.0683 e. The SMILES string of the molecule is CC.Cc1ccc(-c2ccc(-c3ccc(C)c(-c4cc(-c5ccccc5)ccc4C4CC4)c3)cc2)cc1. The maximum Gasteiger partial charge on any atom is -0.0140 e. The molecule has 0 atom stereocenters. The molecule has 0 aliphatic heterocycles. The molecule has 0 unspecified atom stereocenters. The molecule has 0 bridgehead atoms. The van der Waals surface area contributed by atoms with Gasteiger partial charge in [-0.15, -0.1) is 0 Å². The topological polar surface area (TPSA) is 0 Å². The Hall–Kier alpha value is -3.90. The van der Waals surface area contributed by atoms with Gasteiger partial charge in [0, 0.05) is 0 Å². The average Bonchev–Trinajstić information content (AvgIpc) is 3.81. The first-order valence-electron chi connectivity index (χ1n) is 13.6. The number of rotatable bonds is 5. The molecule has 0 amide bonds. The second-order valence-electron chi connectivity index (χ2n) is 9.92. The Bertz CT molecular complexity index is 1470. The highest BCUT2D eigenvalue weighted by Crippen LogP contribution is 2.46. The summed E-state index contributed by atoms with van der Waals surface area (Å²) in [7, 11) is 0. The predicted molar refractivity (Wildman–Crippen MR) is 161 cm³/mol. The molecule has 5 aromatic carbocycles. The Morgan fingerprint density at radius 2 is 0.919 bits per heavy atom. The summed E-state index contributed by atoms with van der Waals surface area (Å²) in [4.78, 5) is 0. The number of aryl methyl sites for hydroxylation is 2. The molecule has 0 N–H and O–H groups in total. The van der Waals surface area contributed by atoms with E-state index in [0.717, 1.165) is 0 Å². The zero-order valence-corrected chi connectivity index (χ0v) is 22.5. The van der Waals surface area contributed by atoms with Crippen LogP contribution in [0.3, 0.4) is 0 Å². The van der Waals surface area contributed by atoms with Gasteiger partial charge in [0.05, 0.1) is 0 Å². The summed E-state index contributed by atoms with van der Waals surface area (Å²) in [5, 5.41) is 0. The Balaban J connectivity index is 0.00000137. The van der Waals surface area contributed by atoms with E-state index in [1.807, 2.05) is 13.8 Å². The monoisotopic (exact) mass is 480 g/mol. The third-order valence-corrected chi connectivity index (χ3v) is 7.31. The first kappa shape index (κ1) is 24.8. The Morgan fingerprint density at radius 1 is 0.459 bits per heavy atom. The first-order valence-corrected chi connectivity index (χ1v) is 13.6. The van der Waals surface area contributed by atoms with Crippen molar-refractivity contribution in [2.45, 2.75) is 46.5 Å². The highest BCUT2D eigenvalue weighted by molar-refractivity contribution is 5.82. The zero-order valence-electron chi connectivity index (χ0n) is 22.5. The molecule has 0 nitrogen and oxygen atoms in total. The molecule has 0 spiro atoms. The van der Waals surface area contributed by atoms with Crippen LogP contribution in [-0.2, 0) is 0 Å². The summed E-state index contributed by atoms with van der Waals surface area (Å²) >= 11 is 0. The lowest BCUT2D eigenvalue weighted by molar-refractivity contribution is 1.13. The van der Waals surface area contributed by atoms with Crippen molar-refractivity contribution in [2.24, 2.45) is 0 Å². The molecular formula is C37H36. The molecule has 1 aliphatic rings. The maximum absolute atomic E-state index is 2.41. The van der Waals surface area contributed by atoms with Crippen LogP contribution >= 0.6 is 0 Å². The van der Waals surface area contributed by atoms with Crippen LogP contribution in [0.5, 0.6) is 0 Å². The van der Waals surface area contributed by atoms with Crippen molar-refractivity contribution >= 4 is 0 Å². The van der Waals surface area contributed by atoms with Crippen LogP contribution in [0.2, 0.25) is 0 Å². The molecule has 1 aliphatic carbocycles. The maximum atomic E-state index is 2.41. The van der Waals surface area contributed by atoms with E-state index in [-0.39, 0.29) is 0 Å². The van der Waals surface area contributed by atoms with E-state index in [1.54, 1.807) is 0 Å². The average molecular weight is 481 g/mol. The number of hydrogen-bond donors (Lipinski definition) is 0. The second kappa shape index (κ2) is 11.0. The predicted octanol–water partition coefficient (Wildman–Crippen LogP) is 10.9. The standard InChI is InChI=1S/C35H30.C2H6/c1-24-8-11-27(12-9-24)28-14-16-29(17-15-28)31-13-10-25(2)34(22-31)35-23-32(26-6-4-3-5-7-26)20-21-33(35)30-18-19-30;1-2/h3-17,20-23,30H,18-19H2,1-2H3;1-2H3. The van der Waals surface area contributed by atoms with E-state index in [9.17, 15) is 0 Å². The van der Waals surface area contributed by atoms with E-state index < -0.39 is 0 Å². The van der Waals surface area contributed by atoms with E-state index in [0.29, 0.717) is 5.92 Å². The molecule has 6 rings (SSSR count). The van der Waals surface area contributed by atoms with Gasteiger partial charge < -0.3 is 0 Å². The molecule has 0 aromatic heterocycles. The van der Waals surface area contributed by atoms with Crippen LogP contribution in [0.4, 0.5) is 0 Å². The van der Waals surface area contributed by atoms with Crippen LogP contribution in [0.25, 0.3) is 44.5 Å². The van der Waals surface area contributed by atoms with Gasteiger partial charge in [0.1, 0.15) is 0 Å². The van der Waals surface area contributed by atoms with Crippen molar-refractivity contribution in [3.8, 4) is 44.5 Å². The van der Waals surface area contributed by atoms with Crippen LogP contribution in [0.1, 0.15) is 49.3 Å². The molecule has 0 saturated heterocycles. The van der Waals surface area contributed by atoms with Crippen LogP contribution in [0, 0.1) is 13.8 Å². The van der Waals surface area contributed by atoms with E-state index >= 15 is 0 Å².